The zero-order chi connectivity index (χ0) is 13.5. The number of nitrogens with one attached hydrogen (secondary N) is 2. The molecule has 0 saturated carbocycles. The van der Waals surface area contributed by atoms with Crippen LogP contribution in [0.4, 0.5) is 0 Å². The van der Waals surface area contributed by atoms with Gasteiger partial charge in [-0.3, -0.25) is 0 Å². The van der Waals surface area contributed by atoms with Gasteiger partial charge in [0, 0.05) is 16.6 Å². The lowest BCUT2D eigenvalue weighted by Gasteiger charge is -2.11. The Kier molecular flexibility index (Phi) is 5.29. The topological polar surface area (TPSA) is 75.7 Å². The van der Waals surface area contributed by atoms with Gasteiger partial charge in [-0.2, -0.15) is 5.21 Å². The molecule has 19 heavy (non-hydrogen) atoms. The van der Waals surface area contributed by atoms with Crippen molar-refractivity contribution in [3.8, 4) is 5.75 Å². The van der Waals surface area contributed by atoms with Gasteiger partial charge in [0.25, 0.3) is 0 Å². The molecule has 102 valence electrons. The van der Waals surface area contributed by atoms with Crippen LogP contribution in [0.15, 0.2) is 22.7 Å². The average molecular weight is 326 g/mol. The molecule has 6 nitrogen and oxygen atoms in total. The SMILES string of the molecule is CCCOc1ccc(Br)cc1CNCc1nn[nH]n1. The van der Waals surface area contributed by atoms with E-state index in [2.05, 4.69) is 48.8 Å². The van der Waals surface area contributed by atoms with E-state index in [4.69, 9.17) is 4.74 Å². The first-order valence-corrected chi connectivity index (χ1v) is 6.93. The molecule has 1 aromatic carbocycles. The fourth-order valence-electron chi connectivity index (χ4n) is 1.61. The van der Waals surface area contributed by atoms with E-state index >= 15 is 0 Å². The standard InChI is InChI=1S/C12H16BrN5O/c1-2-5-19-11-4-3-10(13)6-9(11)7-14-8-12-15-17-18-16-12/h3-4,6,14H,2,5,7-8H2,1H3,(H,15,16,17,18). The number of rotatable bonds is 7. The van der Waals surface area contributed by atoms with E-state index in [0.29, 0.717) is 18.9 Å². The highest BCUT2D eigenvalue weighted by Gasteiger charge is 2.05. The molecule has 7 heteroatoms. The first-order chi connectivity index (χ1) is 9.29. The molecule has 0 aliphatic rings. The summed E-state index contributed by atoms with van der Waals surface area (Å²) in [7, 11) is 0. The summed E-state index contributed by atoms with van der Waals surface area (Å²) in [6, 6.07) is 6.01. The number of aromatic amines is 1. The van der Waals surface area contributed by atoms with E-state index in [1.165, 1.54) is 0 Å². The Hall–Kier alpha value is -1.47. The second-order valence-corrected chi connectivity index (χ2v) is 4.95. The Labute approximate surface area is 120 Å². The average Bonchev–Trinajstić information content (AvgIpc) is 2.91. The van der Waals surface area contributed by atoms with Gasteiger partial charge in [-0.05, 0) is 24.6 Å². The van der Waals surface area contributed by atoms with E-state index in [1.54, 1.807) is 0 Å². The molecule has 0 unspecified atom stereocenters. The number of benzene rings is 1. The molecule has 0 bridgehead atoms. The number of ether oxygens (including phenoxy) is 1. The van der Waals surface area contributed by atoms with Crippen molar-refractivity contribution >= 4 is 15.9 Å². The monoisotopic (exact) mass is 325 g/mol. The van der Waals surface area contributed by atoms with Gasteiger partial charge in [0.05, 0.1) is 13.2 Å². The number of H-pyrrole nitrogens is 1. The second kappa shape index (κ2) is 7.20. The zero-order valence-corrected chi connectivity index (χ0v) is 12.3. The molecule has 0 fully saturated rings. The Morgan fingerprint density at radius 2 is 2.26 bits per heavy atom. The van der Waals surface area contributed by atoms with Crippen molar-refractivity contribution in [3.05, 3.63) is 34.1 Å². The Bertz CT molecular complexity index is 503. The van der Waals surface area contributed by atoms with Crippen LogP contribution >= 0.6 is 15.9 Å². The summed E-state index contributed by atoms with van der Waals surface area (Å²) >= 11 is 3.47. The van der Waals surface area contributed by atoms with E-state index in [0.717, 1.165) is 28.8 Å². The summed E-state index contributed by atoms with van der Waals surface area (Å²) in [6.45, 7) is 4.07. The van der Waals surface area contributed by atoms with Gasteiger partial charge in [0.15, 0.2) is 5.82 Å². The summed E-state index contributed by atoms with van der Waals surface area (Å²) in [5.41, 5.74) is 1.10. The van der Waals surface area contributed by atoms with Crippen molar-refractivity contribution in [1.29, 1.82) is 0 Å². The highest BCUT2D eigenvalue weighted by molar-refractivity contribution is 9.10. The van der Waals surface area contributed by atoms with Gasteiger partial charge < -0.3 is 10.1 Å². The van der Waals surface area contributed by atoms with Crippen LogP contribution in [0.3, 0.4) is 0 Å². The van der Waals surface area contributed by atoms with E-state index in [-0.39, 0.29) is 0 Å². The highest BCUT2D eigenvalue weighted by Crippen LogP contribution is 2.23. The molecule has 0 saturated heterocycles. The minimum Gasteiger partial charge on any atom is -0.493 e. The largest absolute Gasteiger partial charge is 0.493 e. The van der Waals surface area contributed by atoms with Gasteiger partial charge in [-0.15, -0.1) is 10.2 Å². The quantitative estimate of drug-likeness (QED) is 0.814. The Morgan fingerprint density at radius 1 is 1.37 bits per heavy atom. The summed E-state index contributed by atoms with van der Waals surface area (Å²) in [4.78, 5) is 0. The zero-order valence-electron chi connectivity index (χ0n) is 10.7. The van der Waals surface area contributed by atoms with E-state index in [1.807, 2.05) is 18.2 Å². The highest BCUT2D eigenvalue weighted by atomic mass is 79.9. The Morgan fingerprint density at radius 3 is 3.00 bits per heavy atom. The van der Waals surface area contributed by atoms with E-state index in [9.17, 15) is 0 Å². The third kappa shape index (κ3) is 4.29. The van der Waals surface area contributed by atoms with Crippen LogP contribution in [0.5, 0.6) is 5.75 Å². The molecular formula is C12H16BrN5O. The maximum Gasteiger partial charge on any atom is 0.188 e. The first-order valence-electron chi connectivity index (χ1n) is 6.14. The third-order valence-electron chi connectivity index (χ3n) is 2.47. The van der Waals surface area contributed by atoms with Gasteiger partial charge in [0.1, 0.15) is 5.75 Å². The summed E-state index contributed by atoms with van der Waals surface area (Å²) in [6.07, 6.45) is 0.992. The molecule has 0 spiro atoms. The lowest BCUT2D eigenvalue weighted by atomic mass is 10.2. The molecule has 2 rings (SSSR count). The maximum absolute atomic E-state index is 5.72. The molecule has 0 aliphatic heterocycles. The molecule has 2 N–H and O–H groups in total. The maximum atomic E-state index is 5.72. The van der Waals surface area contributed by atoms with Crippen molar-refractivity contribution in [2.24, 2.45) is 0 Å². The lowest BCUT2D eigenvalue weighted by Crippen LogP contribution is -2.15. The fourth-order valence-corrected chi connectivity index (χ4v) is 2.01. The van der Waals surface area contributed by atoms with Crippen LogP contribution in [0.2, 0.25) is 0 Å². The van der Waals surface area contributed by atoms with Crippen molar-refractivity contribution in [2.45, 2.75) is 26.4 Å². The molecule has 0 atom stereocenters. The molecule has 1 aromatic heterocycles. The molecular weight excluding hydrogens is 310 g/mol. The first kappa shape index (κ1) is 14.0. The van der Waals surface area contributed by atoms with Crippen molar-refractivity contribution in [3.63, 3.8) is 0 Å². The third-order valence-corrected chi connectivity index (χ3v) is 2.97. The van der Waals surface area contributed by atoms with Crippen LogP contribution in [0, 0.1) is 0 Å². The van der Waals surface area contributed by atoms with E-state index < -0.39 is 0 Å². The lowest BCUT2D eigenvalue weighted by molar-refractivity contribution is 0.313. The van der Waals surface area contributed by atoms with Crippen LogP contribution in [0.25, 0.3) is 0 Å². The minimum atomic E-state index is 0.566. The van der Waals surface area contributed by atoms with Crippen LogP contribution in [-0.4, -0.2) is 27.2 Å². The van der Waals surface area contributed by atoms with Gasteiger partial charge >= 0.3 is 0 Å². The molecule has 0 amide bonds. The number of halogens is 1. The number of nitrogens with zero attached hydrogens (tertiary/aromatic N) is 3. The normalized spacial score (nSPS) is 10.6. The fraction of sp³-hybridized carbons (Fsp3) is 0.417. The predicted molar refractivity (Wildman–Crippen MR) is 74.6 cm³/mol. The Balaban J connectivity index is 1.95. The summed E-state index contributed by atoms with van der Waals surface area (Å²) in [5.74, 6) is 1.55. The van der Waals surface area contributed by atoms with Crippen molar-refractivity contribution in [2.75, 3.05) is 6.61 Å². The molecule has 0 radical (unpaired) electrons. The molecule has 2 aromatic rings. The smallest absolute Gasteiger partial charge is 0.188 e. The second-order valence-electron chi connectivity index (χ2n) is 4.03. The van der Waals surface area contributed by atoms with Gasteiger partial charge in [-0.1, -0.05) is 28.1 Å². The number of aromatic nitrogens is 4. The molecule has 0 aliphatic carbocycles. The number of tetrazole rings is 1. The summed E-state index contributed by atoms with van der Waals surface area (Å²) in [5, 5.41) is 17.0. The predicted octanol–water partition coefficient (Wildman–Crippen LogP) is 2.04. The number of hydrogen-bond acceptors (Lipinski definition) is 5. The molecule has 1 heterocycles. The van der Waals surface area contributed by atoms with Gasteiger partial charge in [0.2, 0.25) is 0 Å². The minimum absolute atomic E-state index is 0.566. The van der Waals surface area contributed by atoms with Gasteiger partial charge in [-0.25, -0.2) is 0 Å². The van der Waals surface area contributed by atoms with Crippen LogP contribution in [-0.2, 0) is 13.1 Å². The number of hydrogen-bond donors (Lipinski definition) is 2. The van der Waals surface area contributed by atoms with Crippen LogP contribution < -0.4 is 10.1 Å². The van der Waals surface area contributed by atoms with Crippen molar-refractivity contribution < 1.29 is 4.74 Å². The van der Waals surface area contributed by atoms with Crippen molar-refractivity contribution in [1.82, 2.24) is 25.9 Å². The van der Waals surface area contributed by atoms with Crippen LogP contribution in [0.1, 0.15) is 24.7 Å². The summed E-state index contributed by atoms with van der Waals surface area (Å²) < 4.78 is 6.75.